The lowest BCUT2D eigenvalue weighted by Gasteiger charge is -2.26. The van der Waals surface area contributed by atoms with Gasteiger partial charge < -0.3 is 11.1 Å². The van der Waals surface area contributed by atoms with E-state index in [1.807, 2.05) is 12.1 Å². The van der Waals surface area contributed by atoms with Crippen LogP contribution in [0, 0.1) is 11.8 Å². The summed E-state index contributed by atoms with van der Waals surface area (Å²) >= 11 is 0. The number of anilines is 2. The van der Waals surface area contributed by atoms with E-state index in [1.165, 1.54) is 32.1 Å². The molecule has 3 nitrogen and oxygen atoms in total. The Morgan fingerprint density at radius 3 is 3.12 bits per heavy atom. The highest BCUT2D eigenvalue weighted by Gasteiger charge is 2.18. The van der Waals surface area contributed by atoms with Crippen molar-refractivity contribution in [2.24, 2.45) is 11.8 Å². The Kier molecular flexibility index (Phi) is 4.24. The van der Waals surface area contributed by atoms with E-state index in [4.69, 9.17) is 5.73 Å². The molecule has 2 atom stereocenters. The van der Waals surface area contributed by atoms with Crippen molar-refractivity contribution in [3.63, 3.8) is 0 Å². The van der Waals surface area contributed by atoms with Crippen LogP contribution in [0.4, 0.5) is 11.5 Å². The molecule has 17 heavy (non-hydrogen) atoms. The van der Waals surface area contributed by atoms with Gasteiger partial charge in [-0.05, 0) is 30.7 Å². The number of aromatic nitrogens is 1. The van der Waals surface area contributed by atoms with Gasteiger partial charge in [0.05, 0.1) is 0 Å². The lowest BCUT2D eigenvalue weighted by atomic mass is 9.81. The second-order valence-corrected chi connectivity index (χ2v) is 5.33. The summed E-state index contributed by atoms with van der Waals surface area (Å²) in [4.78, 5) is 4.25. The zero-order valence-corrected chi connectivity index (χ0v) is 10.7. The van der Waals surface area contributed by atoms with E-state index >= 15 is 0 Å². The van der Waals surface area contributed by atoms with Crippen molar-refractivity contribution >= 4 is 11.5 Å². The van der Waals surface area contributed by atoms with E-state index in [1.54, 1.807) is 6.20 Å². The Morgan fingerprint density at radius 1 is 1.47 bits per heavy atom. The maximum atomic E-state index is 5.71. The van der Waals surface area contributed by atoms with E-state index < -0.39 is 0 Å². The normalized spacial score (nSPS) is 24.5. The molecule has 0 aliphatic heterocycles. The Bertz CT molecular complexity index is 351. The molecule has 0 amide bonds. The van der Waals surface area contributed by atoms with Crippen molar-refractivity contribution in [1.82, 2.24) is 4.98 Å². The second kappa shape index (κ2) is 5.89. The van der Waals surface area contributed by atoms with Crippen molar-refractivity contribution < 1.29 is 0 Å². The number of hydrogen-bond donors (Lipinski definition) is 2. The number of nitrogens with one attached hydrogen (secondary N) is 1. The lowest BCUT2D eigenvalue weighted by molar-refractivity contribution is 0.274. The molecule has 2 rings (SSSR count). The Labute approximate surface area is 104 Å². The molecule has 1 fully saturated rings. The fraction of sp³-hybridized carbons (Fsp3) is 0.643. The fourth-order valence-corrected chi connectivity index (χ4v) is 2.77. The van der Waals surface area contributed by atoms with Gasteiger partial charge in [-0.3, -0.25) is 0 Å². The third-order valence-corrected chi connectivity index (χ3v) is 3.69. The van der Waals surface area contributed by atoms with Crippen molar-refractivity contribution in [1.29, 1.82) is 0 Å². The summed E-state index contributed by atoms with van der Waals surface area (Å²) in [5.41, 5.74) is 6.48. The number of pyridine rings is 1. The Balaban J connectivity index is 1.72. The van der Waals surface area contributed by atoms with Gasteiger partial charge in [0.25, 0.3) is 0 Å². The maximum absolute atomic E-state index is 5.71. The monoisotopic (exact) mass is 233 g/mol. The quantitative estimate of drug-likeness (QED) is 0.839. The van der Waals surface area contributed by atoms with Crippen molar-refractivity contribution in [2.45, 2.75) is 39.0 Å². The van der Waals surface area contributed by atoms with Crippen molar-refractivity contribution in [2.75, 3.05) is 17.6 Å². The smallest absolute Gasteiger partial charge is 0.127 e. The van der Waals surface area contributed by atoms with E-state index in [0.717, 1.165) is 29.9 Å². The molecular formula is C14H23N3. The maximum Gasteiger partial charge on any atom is 0.127 e. The van der Waals surface area contributed by atoms with Crippen LogP contribution in [0.5, 0.6) is 0 Å². The molecule has 0 radical (unpaired) electrons. The molecule has 1 heterocycles. The van der Waals surface area contributed by atoms with Crippen LogP contribution in [-0.4, -0.2) is 11.5 Å². The van der Waals surface area contributed by atoms with Crippen LogP contribution < -0.4 is 11.1 Å². The van der Waals surface area contributed by atoms with Gasteiger partial charge in [-0.25, -0.2) is 4.98 Å². The van der Waals surface area contributed by atoms with Crippen LogP contribution in [0.1, 0.15) is 39.0 Å². The van der Waals surface area contributed by atoms with E-state index in [2.05, 4.69) is 17.2 Å². The first-order valence-corrected chi connectivity index (χ1v) is 6.69. The zero-order chi connectivity index (χ0) is 12.1. The van der Waals surface area contributed by atoms with Gasteiger partial charge >= 0.3 is 0 Å². The van der Waals surface area contributed by atoms with Gasteiger partial charge in [-0.2, -0.15) is 0 Å². The van der Waals surface area contributed by atoms with Crippen LogP contribution in [-0.2, 0) is 0 Å². The van der Waals surface area contributed by atoms with Crippen LogP contribution in [0.25, 0.3) is 0 Å². The molecule has 0 bridgehead atoms. The highest BCUT2D eigenvalue weighted by Crippen LogP contribution is 2.30. The molecular weight excluding hydrogens is 210 g/mol. The third kappa shape index (κ3) is 3.91. The van der Waals surface area contributed by atoms with Crippen LogP contribution in [0.2, 0.25) is 0 Å². The summed E-state index contributed by atoms with van der Waals surface area (Å²) in [5, 5.41) is 3.36. The van der Waals surface area contributed by atoms with Crippen molar-refractivity contribution in [3.8, 4) is 0 Å². The molecule has 3 heteroatoms. The van der Waals surface area contributed by atoms with Crippen molar-refractivity contribution in [3.05, 3.63) is 18.3 Å². The van der Waals surface area contributed by atoms with Gasteiger partial charge in [0, 0.05) is 24.5 Å². The average molecular weight is 233 g/mol. The lowest BCUT2D eigenvalue weighted by Crippen LogP contribution is -2.16. The summed E-state index contributed by atoms with van der Waals surface area (Å²) in [5.74, 6) is 2.71. The number of nitrogens with two attached hydrogens (primary N) is 1. The highest BCUT2D eigenvalue weighted by atomic mass is 15.0. The molecule has 0 aromatic carbocycles. The molecule has 1 aromatic heterocycles. The minimum absolute atomic E-state index is 0.772. The predicted molar refractivity (Wildman–Crippen MR) is 72.9 cm³/mol. The minimum atomic E-state index is 0.772. The summed E-state index contributed by atoms with van der Waals surface area (Å²) in [7, 11) is 0. The van der Waals surface area contributed by atoms with E-state index in [-0.39, 0.29) is 0 Å². The Morgan fingerprint density at radius 2 is 2.35 bits per heavy atom. The SMILES string of the molecule is CC1CCCC(CCNc2cc(N)ccn2)C1. The van der Waals surface area contributed by atoms with Gasteiger partial charge in [0.2, 0.25) is 0 Å². The van der Waals surface area contributed by atoms with Gasteiger partial charge in [-0.1, -0.05) is 26.2 Å². The van der Waals surface area contributed by atoms with Crippen LogP contribution >= 0.6 is 0 Å². The number of nitrogens with zero attached hydrogens (tertiary/aromatic N) is 1. The first-order chi connectivity index (χ1) is 8.24. The van der Waals surface area contributed by atoms with Crippen LogP contribution in [0.3, 0.4) is 0 Å². The summed E-state index contributed by atoms with van der Waals surface area (Å²) in [6.07, 6.45) is 8.62. The van der Waals surface area contributed by atoms with E-state index in [9.17, 15) is 0 Å². The molecule has 1 aromatic rings. The molecule has 0 spiro atoms. The second-order valence-electron chi connectivity index (χ2n) is 5.33. The van der Waals surface area contributed by atoms with Gasteiger partial charge in [-0.15, -0.1) is 0 Å². The third-order valence-electron chi connectivity index (χ3n) is 3.69. The molecule has 1 aliphatic rings. The molecule has 3 N–H and O–H groups in total. The number of rotatable bonds is 4. The standard InChI is InChI=1S/C14H23N3/c1-11-3-2-4-12(9-11)5-7-16-14-10-13(15)6-8-17-14/h6,8,10-12H,2-5,7,9H2,1H3,(H3,15,16,17). The predicted octanol–water partition coefficient (Wildman–Crippen LogP) is 3.29. The first-order valence-electron chi connectivity index (χ1n) is 6.69. The molecule has 1 aliphatic carbocycles. The fourth-order valence-electron chi connectivity index (χ4n) is 2.77. The number of nitrogen functional groups attached to an aromatic ring is 1. The average Bonchev–Trinajstić information content (AvgIpc) is 2.29. The summed E-state index contributed by atoms with van der Waals surface area (Å²) in [6.45, 7) is 3.38. The molecule has 2 unspecified atom stereocenters. The Hall–Kier alpha value is -1.25. The van der Waals surface area contributed by atoms with Gasteiger partial charge in [0.1, 0.15) is 5.82 Å². The summed E-state index contributed by atoms with van der Waals surface area (Å²) < 4.78 is 0. The largest absolute Gasteiger partial charge is 0.399 e. The highest BCUT2D eigenvalue weighted by molar-refractivity contribution is 5.48. The minimum Gasteiger partial charge on any atom is -0.399 e. The van der Waals surface area contributed by atoms with Gasteiger partial charge in [0.15, 0.2) is 0 Å². The zero-order valence-electron chi connectivity index (χ0n) is 10.7. The van der Waals surface area contributed by atoms with E-state index in [0.29, 0.717) is 0 Å². The molecule has 94 valence electrons. The topological polar surface area (TPSA) is 50.9 Å². The molecule has 1 saturated carbocycles. The van der Waals surface area contributed by atoms with Crippen LogP contribution in [0.15, 0.2) is 18.3 Å². The summed E-state index contributed by atoms with van der Waals surface area (Å²) in [6, 6.07) is 3.71. The molecule has 0 saturated heterocycles. The number of hydrogen-bond acceptors (Lipinski definition) is 3. The first kappa shape index (κ1) is 12.2.